The molecular weight excluding hydrogens is 498 g/mol. The molecule has 0 fully saturated rings. The Hall–Kier alpha value is -2.88. The minimum atomic E-state index is -0.311. The highest BCUT2D eigenvalue weighted by Gasteiger charge is 2.21. The van der Waals surface area contributed by atoms with Crippen molar-refractivity contribution in [3.8, 4) is 17.4 Å². The van der Waals surface area contributed by atoms with Gasteiger partial charge in [-0.05, 0) is 35.9 Å². The Labute approximate surface area is 191 Å². The van der Waals surface area contributed by atoms with Crippen LogP contribution in [0, 0.1) is 5.82 Å². The third-order valence-electron chi connectivity index (χ3n) is 4.55. The highest BCUT2D eigenvalue weighted by atomic mass is 127. The minimum Gasteiger partial charge on any atom is -0.493 e. The average molecular weight is 520 g/mol. The number of aromatic nitrogens is 1. The number of para-hydroxylation sites is 1. The summed E-state index contributed by atoms with van der Waals surface area (Å²) in [6, 6.07) is 17.4. The summed E-state index contributed by atoms with van der Waals surface area (Å²) >= 11 is 0. The molecule has 4 rings (SSSR count). The van der Waals surface area contributed by atoms with E-state index in [1.165, 1.54) is 12.1 Å². The Morgan fingerprint density at radius 1 is 1.17 bits per heavy atom. The van der Waals surface area contributed by atoms with Crippen molar-refractivity contribution in [2.75, 3.05) is 6.61 Å². The Morgan fingerprint density at radius 3 is 2.73 bits per heavy atom. The van der Waals surface area contributed by atoms with Crippen molar-refractivity contribution >= 4 is 29.9 Å². The SMILES string of the molecule is I.NC(=NCc1ccc(Oc2ccc(F)cc2)nc1)NC1CCOc2ccccc21. The van der Waals surface area contributed by atoms with Crippen LogP contribution in [0.1, 0.15) is 23.6 Å². The van der Waals surface area contributed by atoms with E-state index in [9.17, 15) is 4.39 Å². The first-order valence-electron chi connectivity index (χ1n) is 9.34. The molecule has 1 atom stereocenters. The maximum Gasteiger partial charge on any atom is 0.219 e. The third-order valence-corrected chi connectivity index (χ3v) is 4.55. The van der Waals surface area contributed by atoms with Crippen molar-refractivity contribution in [3.05, 3.63) is 83.8 Å². The van der Waals surface area contributed by atoms with Crippen LogP contribution in [0.15, 0.2) is 71.9 Å². The van der Waals surface area contributed by atoms with Crippen LogP contribution in [0.3, 0.4) is 0 Å². The van der Waals surface area contributed by atoms with Gasteiger partial charge in [-0.2, -0.15) is 0 Å². The molecule has 0 radical (unpaired) electrons. The van der Waals surface area contributed by atoms with Gasteiger partial charge in [0.25, 0.3) is 0 Å². The van der Waals surface area contributed by atoms with Crippen molar-refractivity contribution in [2.45, 2.75) is 19.0 Å². The monoisotopic (exact) mass is 520 g/mol. The number of nitrogens with two attached hydrogens (primary N) is 1. The van der Waals surface area contributed by atoms with Gasteiger partial charge in [0.1, 0.15) is 17.3 Å². The molecule has 2 heterocycles. The Bertz CT molecular complexity index is 997. The van der Waals surface area contributed by atoms with Gasteiger partial charge in [-0.15, -0.1) is 24.0 Å². The summed E-state index contributed by atoms with van der Waals surface area (Å²) in [5.41, 5.74) is 8.06. The van der Waals surface area contributed by atoms with E-state index in [0.717, 1.165) is 23.3 Å². The number of ether oxygens (including phenoxy) is 2. The number of nitrogens with zero attached hydrogens (tertiary/aromatic N) is 2. The van der Waals surface area contributed by atoms with Crippen molar-refractivity contribution in [2.24, 2.45) is 10.7 Å². The van der Waals surface area contributed by atoms with Gasteiger partial charge < -0.3 is 20.5 Å². The molecule has 6 nitrogen and oxygen atoms in total. The first-order chi connectivity index (χ1) is 14.2. The van der Waals surface area contributed by atoms with Gasteiger partial charge >= 0.3 is 0 Å². The summed E-state index contributed by atoms with van der Waals surface area (Å²) in [5.74, 6) is 1.89. The molecule has 156 valence electrons. The van der Waals surface area contributed by atoms with Gasteiger partial charge in [0.2, 0.25) is 5.88 Å². The second-order valence-electron chi connectivity index (χ2n) is 6.63. The summed E-state index contributed by atoms with van der Waals surface area (Å²) in [4.78, 5) is 8.66. The number of rotatable bonds is 5. The number of hydrogen-bond donors (Lipinski definition) is 2. The van der Waals surface area contributed by atoms with E-state index in [4.69, 9.17) is 15.2 Å². The maximum absolute atomic E-state index is 12.9. The van der Waals surface area contributed by atoms with Crippen molar-refractivity contribution in [1.82, 2.24) is 10.3 Å². The second-order valence-corrected chi connectivity index (χ2v) is 6.63. The molecule has 0 saturated heterocycles. The zero-order chi connectivity index (χ0) is 20.1. The smallest absolute Gasteiger partial charge is 0.219 e. The summed E-state index contributed by atoms with van der Waals surface area (Å²) in [5, 5.41) is 3.27. The molecule has 8 heteroatoms. The van der Waals surface area contributed by atoms with Crippen LogP contribution >= 0.6 is 24.0 Å². The molecule has 2 aromatic carbocycles. The van der Waals surface area contributed by atoms with Gasteiger partial charge in [-0.3, -0.25) is 0 Å². The molecule has 1 aliphatic heterocycles. The molecule has 1 unspecified atom stereocenters. The van der Waals surface area contributed by atoms with Crippen LogP contribution in [0.2, 0.25) is 0 Å². The van der Waals surface area contributed by atoms with Crippen molar-refractivity contribution in [3.63, 3.8) is 0 Å². The molecule has 1 aromatic heterocycles. The van der Waals surface area contributed by atoms with Gasteiger partial charge in [0, 0.05) is 24.2 Å². The summed E-state index contributed by atoms with van der Waals surface area (Å²) in [6.45, 7) is 1.04. The topological polar surface area (TPSA) is 81.8 Å². The van der Waals surface area contributed by atoms with E-state index < -0.39 is 0 Å². The lowest BCUT2D eigenvalue weighted by molar-refractivity contribution is 0.262. The normalized spacial score (nSPS) is 15.4. The maximum atomic E-state index is 12.9. The number of pyridine rings is 1. The number of guanidine groups is 1. The molecule has 3 aromatic rings. The molecular formula is C22H22FIN4O2. The van der Waals surface area contributed by atoms with E-state index >= 15 is 0 Å². The minimum absolute atomic E-state index is 0. The molecule has 0 saturated carbocycles. The fraction of sp³-hybridized carbons (Fsp3) is 0.182. The number of aliphatic imine (C=N–C) groups is 1. The Morgan fingerprint density at radius 2 is 1.97 bits per heavy atom. The van der Waals surface area contributed by atoms with Crippen LogP contribution in [-0.4, -0.2) is 17.6 Å². The van der Waals surface area contributed by atoms with Gasteiger partial charge in [-0.25, -0.2) is 14.4 Å². The highest BCUT2D eigenvalue weighted by molar-refractivity contribution is 14.0. The van der Waals surface area contributed by atoms with E-state index in [1.54, 1.807) is 24.4 Å². The fourth-order valence-corrected chi connectivity index (χ4v) is 3.08. The molecule has 30 heavy (non-hydrogen) atoms. The van der Waals surface area contributed by atoms with Crippen LogP contribution in [-0.2, 0) is 6.54 Å². The van der Waals surface area contributed by atoms with Crippen LogP contribution in [0.25, 0.3) is 0 Å². The molecule has 0 spiro atoms. The quantitative estimate of drug-likeness (QED) is 0.293. The Kier molecular flexibility index (Phi) is 7.45. The van der Waals surface area contributed by atoms with Gasteiger partial charge in [0.15, 0.2) is 5.96 Å². The number of fused-ring (bicyclic) bond motifs is 1. The van der Waals surface area contributed by atoms with Crippen LogP contribution < -0.4 is 20.5 Å². The number of halogens is 2. The number of nitrogens with one attached hydrogen (secondary N) is 1. The van der Waals surface area contributed by atoms with E-state index in [-0.39, 0.29) is 35.8 Å². The Balaban J connectivity index is 0.00000256. The predicted octanol–water partition coefficient (Wildman–Crippen LogP) is 4.56. The zero-order valence-corrected chi connectivity index (χ0v) is 18.5. The number of hydrogen-bond acceptors (Lipinski definition) is 4. The van der Waals surface area contributed by atoms with Gasteiger partial charge in [-0.1, -0.05) is 24.3 Å². The zero-order valence-electron chi connectivity index (χ0n) is 16.1. The largest absolute Gasteiger partial charge is 0.493 e. The highest BCUT2D eigenvalue weighted by Crippen LogP contribution is 2.31. The van der Waals surface area contributed by atoms with Crippen molar-refractivity contribution < 1.29 is 13.9 Å². The second kappa shape index (κ2) is 10.2. The molecule has 1 aliphatic rings. The standard InChI is InChI=1S/C22H21FN4O2.HI/c23-16-6-8-17(9-7-16)29-21-10-5-15(13-25-21)14-26-22(24)27-19-11-12-28-20-4-2-1-3-18(19)20;/h1-10,13,19H,11-12,14H2,(H3,24,26,27);1H. The predicted molar refractivity (Wildman–Crippen MR) is 124 cm³/mol. The molecule has 0 bridgehead atoms. The summed E-state index contributed by atoms with van der Waals surface area (Å²) in [7, 11) is 0. The third kappa shape index (κ3) is 5.59. The molecule has 3 N–H and O–H groups in total. The lowest BCUT2D eigenvalue weighted by Gasteiger charge is -2.26. The molecule has 0 aliphatic carbocycles. The van der Waals surface area contributed by atoms with E-state index in [1.807, 2.05) is 30.3 Å². The fourth-order valence-electron chi connectivity index (χ4n) is 3.08. The lowest BCUT2D eigenvalue weighted by atomic mass is 10.0. The average Bonchev–Trinajstić information content (AvgIpc) is 2.75. The summed E-state index contributed by atoms with van der Waals surface area (Å²) in [6.07, 6.45) is 2.50. The first kappa shape index (κ1) is 21.8. The van der Waals surface area contributed by atoms with E-state index in [2.05, 4.69) is 15.3 Å². The summed E-state index contributed by atoms with van der Waals surface area (Å²) < 4.78 is 24.2. The first-order valence-corrected chi connectivity index (χ1v) is 9.34. The van der Waals surface area contributed by atoms with Crippen LogP contribution in [0.4, 0.5) is 4.39 Å². The van der Waals surface area contributed by atoms with E-state index in [0.29, 0.717) is 30.7 Å². The van der Waals surface area contributed by atoms with Crippen LogP contribution in [0.5, 0.6) is 17.4 Å². The number of benzene rings is 2. The molecule has 0 amide bonds. The van der Waals surface area contributed by atoms with Crippen molar-refractivity contribution in [1.29, 1.82) is 0 Å². The lowest BCUT2D eigenvalue weighted by Crippen LogP contribution is -2.37. The van der Waals surface area contributed by atoms with Gasteiger partial charge in [0.05, 0.1) is 19.2 Å².